The fraction of sp³-hybridized carbons (Fsp3) is 0.118. The van der Waals surface area contributed by atoms with E-state index >= 15 is 0 Å². The molecular formula is C17H8ClF6N3O3. The second kappa shape index (κ2) is 7.52. The van der Waals surface area contributed by atoms with Gasteiger partial charge in [0.15, 0.2) is 11.5 Å². The van der Waals surface area contributed by atoms with Crippen molar-refractivity contribution < 1.29 is 36.2 Å². The van der Waals surface area contributed by atoms with Crippen LogP contribution in [0.15, 0.2) is 41.3 Å². The number of H-pyrrole nitrogens is 1. The maximum absolute atomic E-state index is 13.5. The van der Waals surface area contributed by atoms with Crippen molar-refractivity contribution in [2.24, 2.45) is 0 Å². The van der Waals surface area contributed by atoms with Crippen LogP contribution >= 0.6 is 11.6 Å². The van der Waals surface area contributed by atoms with E-state index in [0.29, 0.717) is 6.07 Å². The molecule has 0 aliphatic rings. The summed E-state index contributed by atoms with van der Waals surface area (Å²) in [6.07, 6.45) is -9.04. The molecule has 0 aliphatic heterocycles. The van der Waals surface area contributed by atoms with Crippen molar-refractivity contribution in [3.8, 4) is 28.8 Å². The van der Waals surface area contributed by atoms with Crippen LogP contribution in [0.1, 0.15) is 11.3 Å². The van der Waals surface area contributed by atoms with Crippen molar-refractivity contribution in [3.05, 3.63) is 63.2 Å². The van der Waals surface area contributed by atoms with Crippen molar-refractivity contribution >= 4 is 11.6 Å². The van der Waals surface area contributed by atoms with Crippen molar-refractivity contribution in [2.45, 2.75) is 12.4 Å². The topological polar surface area (TPSA) is 88.1 Å². The lowest BCUT2D eigenvalue weighted by Crippen LogP contribution is -2.21. The third-order valence-electron chi connectivity index (χ3n) is 3.59. The van der Waals surface area contributed by atoms with Crippen LogP contribution in [0.3, 0.4) is 0 Å². The summed E-state index contributed by atoms with van der Waals surface area (Å²) in [4.78, 5) is 21.2. The molecule has 13 heteroatoms. The van der Waals surface area contributed by atoms with E-state index in [4.69, 9.17) is 16.3 Å². The Bertz CT molecular complexity index is 1160. The quantitative estimate of drug-likeness (QED) is 0.546. The normalized spacial score (nSPS) is 12.1. The summed E-state index contributed by atoms with van der Waals surface area (Å²) < 4.78 is 84.1. The van der Waals surface area contributed by atoms with Gasteiger partial charge in [-0.05, 0) is 24.3 Å². The van der Waals surface area contributed by atoms with Gasteiger partial charge in [0, 0.05) is 12.3 Å². The number of rotatable bonds is 3. The van der Waals surface area contributed by atoms with Crippen LogP contribution < -0.4 is 10.3 Å². The highest BCUT2D eigenvalue weighted by molar-refractivity contribution is 6.31. The molecular weight excluding hydrogens is 444 g/mol. The molecule has 0 bridgehead atoms. The lowest BCUT2D eigenvalue weighted by atomic mass is 10.2. The average Bonchev–Trinajstić information content (AvgIpc) is 2.62. The van der Waals surface area contributed by atoms with Gasteiger partial charge in [-0.1, -0.05) is 11.6 Å². The lowest BCUT2D eigenvalue weighted by Gasteiger charge is -2.15. The number of halogens is 7. The zero-order chi connectivity index (χ0) is 22.3. The zero-order valence-electron chi connectivity index (χ0n) is 14.3. The first-order valence-corrected chi connectivity index (χ1v) is 8.15. The summed E-state index contributed by atoms with van der Waals surface area (Å²) in [5.41, 5.74) is -4.87. The Morgan fingerprint density at radius 3 is 2.33 bits per heavy atom. The van der Waals surface area contributed by atoms with Crippen molar-refractivity contribution in [1.29, 1.82) is 0 Å². The number of nitrogens with one attached hydrogen (secondary N) is 1. The van der Waals surface area contributed by atoms with Crippen LogP contribution in [-0.4, -0.2) is 20.1 Å². The van der Waals surface area contributed by atoms with Gasteiger partial charge >= 0.3 is 12.4 Å². The first-order valence-electron chi connectivity index (χ1n) is 7.78. The number of aromatic nitrogens is 3. The zero-order valence-corrected chi connectivity index (χ0v) is 15.0. The van der Waals surface area contributed by atoms with Crippen LogP contribution in [0.25, 0.3) is 11.5 Å². The molecule has 0 atom stereocenters. The van der Waals surface area contributed by atoms with Crippen LogP contribution in [0, 0.1) is 0 Å². The molecule has 0 amide bonds. The second-order valence-corrected chi connectivity index (χ2v) is 6.14. The number of pyridine rings is 1. The Morgan fingerprint density at radius 1 is 1.03 bits per heavy atom. The molecule has 0 spiro atoms. The molecule has 0 unspecified atom stereocenters. The van der Waals surface area contributed by atoms with Crippen molar-refractivity contribution in [1.82, 2.24) is 15.0 Å². The summed E-state index contributed by atoms with van der Waals surface area (Å²) in [5.74, 6) is -3.07. The Labute approximate surface area is 167 Å². The molecule has 2 heterocycles. The van der Waals surface area contributed by atoms with Crippen molar-refractivity contribution in [2.75, 3.05) is 0 Å². The van der Waals surface area contributed by atoms with Gasteiger partial charge in [-0.3, -0.25) is 9.78 Å². The largest absolute Gasteiger partial charge is 0.508 e. The number of nitrogens with zero attached hydrogens (tertiary/aromatic N) is 2. The molecule has 0 saturated heterocycles. The van der Waals surface area contributed by atoms with Gasteiger partial charge in [0.05, 0.1) is 10.6 Å². The maximum Gasteiger partial charge on any atom is 0.437 e. The highest BCUT2D eigenvalue weighted by Crippen LogP contribution is 2.39. The Morgan fingerprint density at radius 2 is 1.73 bits per heavy atom. The van der Waals surface area contributed by atoms with Crippen LogP contribution in [-0.2, 0) is 12.4 Å². The number of aromatic amines is 1. The molecule has 6 nitrogen and oxygen atoms in total. The first-order chi connectivity index (χ1) is 13.9. The monoisotopic (exact) mass is 451 g/mol. The number of hydrogen-bond donors (Lipinski definition) is 2. The standard InChI is InChI=1S/C17H8ClF6N3O3/c18-10-2-1-8(6-9(10)16(19,20)21)30-12-13(17(22,23)24)26-14(27-15(12)29)11-5-7(28)3-4-25-11/h1-6H,(H,25,28)(H,26,27,29). The third-order valence-corrected chi connectivity index (χ3v) is 3.92. The molecule has 1 aromatic carbocycles. The van der Waals surface area contributed by atoms with Gasteiger partial charge in [-0.2, -0.15) is 26.3 Å². The lowest BCUT2D eigenvalue weighted by molar-refractivity contribution is -0.142. The van der Waals surface area contributed by atoms with E-state index in [1.165, 1.54) is 0 Å². The van der Waals surface area contributed by atoms with E-state index in [0.717, 1.165) is 30.5 Å². The number of benzene rings is 1. The van der Waals surface area contributed by atoms with Gasteiger partial charge in [0.25, 0.3) is 5.56 Å². The molecule has 0 aliphatic carbocycles. The van der Waals surface area contributed by atoms with E-state index in [2.05, 4.69) is 9.97 Å². The molecule has 3 rings (SSSR count). The van der Waals surface area contributed by atoms with Gasteiger partial charge in [0.1, 0.15) is 17.2 Å². The van der Waals surface area contributed by atoms with E-state index < -0.39 is 51.5 Å². The smallest absolute Gasteiger partial charge is 0.437 e. The fourth-order valence-corrected chi connectivity index (χ4v) is 2.55. The van der Waals surface area contributed by atoms with Crippen LogP contribution in [0.4, 0.5) is 26.3 Å². The molecule has 2 aromatic heterocycles. The van der Waals surface area contributed by atoms with Crippen molar-refractivity contribution in [3.63, 3.8) is 0 Å². The van der Waals surface area contributed by atoms with Gasteiger partial charge < -0.3 is 14.8 Å². The minimum atomic E-state index is -5.20. The number of hydrogen-bond acceptors (Lipinski definition) is 5. The highest BCUT2D eigenvalue weighted by atomic mass is 35.5. The van der Waals surface area contributed by atoms with E-state index in [9.17, 15) is 36.2 Å². The Balaban J connectivity index is 2.13. The Hall–Kier alpha value is -3.28. The van der Waals surface area contributed by atoms with Gasteiger partial charge in [-0.25, -0.2) is 4.98 Å². The maximum atomic E-state index is 13.5. The number of alkyl halides is 6. The molecule has 3 aromatic rings. The third kappa shape index (κ3) is 4.48. The predicted octanol–water partition coefficient (Wildman–Crippen LogP) is 5.02. The minimum Gasteiger partial charge on any atom is -0.508 e. The van der Waals surface area contributed by atoms with E-state index in [1.54, 1.807) is 0 Å². The van der Waals surface area contributed by atoms with Crippen LogP contribution in [0.5, 0.6) is 17.2 Å². The van der Waals surface area contributed by atoms with E-state index in [1.807, 2.05) is 4.98 Å². The Kier molecular flexibility index (Phi) is 5.37. The molecule has 0 fully saturated rings. The molecule has 0 saturated carbocycles. The number of ether oxygens (including phenoxy) is 1. The molecule has 0 radical (unpaired) electrons. The van der Waals surface area contributed by atoms with Gasteiger partial charge in [0.2, 0.25) is 5.75 Å². The summed E-state index contributed by atoms with van der Waals surface area (Å²) in [7, 11) is 0. The summed E-state index contributed by atoms with van der Waals surface area (Å²) in [6, 6.07) is 4.07. The van der Waals surface area contributed by atoms with Crippen LogP contribution in [0.2, 0.25) is 5.02 Å². The summed E-state index contributed by atoms with van der Waals surface area (Å²) >= 11 is 5.46. The van der Waals surface area contributed by atoms with E-state index in [-0.39, 0.29) is 11.4 Å². The average molecular weight is 452 g/mol. The highest BCUT2D eigenvalue weighted by Gasteiger charge is 2.39. The summed E-state index contributed by atoms with van der Waals surface area (Å²) in [5, 5.41) is 8.72. The second-order valence-electron chi connectivity index (χ2n) is 5.73. The molecule has 158 valence electrons. The first kappa shape index (κ1) is 21.4. The van der Waals surface area contributed by atoms with Gasteiger partial charge in [-0.15, -0.1) is 0 Å². The molecule has 2 N–H and O–H groups in total. The molecule has 30 heavy (non-hydrogen) atoms. The summed E-state index contributed by atoms with van der Waals surface area (Å²) in [6.45, 7) is 0. The predicted molar refractivity (Wildman–Crippen MR) is 91.3 cm³/mol. The number of aromatic hydroxyl groups is 1. The SMILES string of the molecule is O=c1[nH]c(-c2cc(O)ccn2)nc(C(F)(F)F)c1Oc1ccc(Cl)c(C(F)(F)F)c1. The fourth-order valence-electron chi connectivity index (χ4n) is 2.32. The minimum absolute atomic E-state index is 0.282.